The number of carbonyl (C=O) groups is 2. The Morgan fingerprint density at radius 3 is 2.71 bits per heavy atom. The average molecular weight is 427 g/mol. The normalized spacial score (nSPS) is 10.7. The van der Waals surface area contributed by atoms with Gasteiger partial charge in [0.25, 0.3) is 5.91 Å². The Labute approximate surface area is 177 Å². The predicted octanol–water partition coefficient (Wildman–Crippen LogP) is 2.14. The van der Waals surface area contributed by atoms with Crippen LogP contribution in [0.4, 0.5) is 4.39 Å². The maximum atomic E-state index is 13.8. The van der Waals surface area contributed by atoms with Crippen molar-refractivity contribution < 1.29 is 23.5 Å². The van der Waals surface area contributed by atoms with Gasteiger partial charge in [0.1, 0.15) is 0 Å². The Hall–Kier alpha value is -3.75. The molecule has 3 rings (SSSR count). The summed E-state index contributed by atoms with van der Waals surface area (Å²) in [4.78, 5) is 37.5. The SMILES string of the molecule is COc1ccc(CN(C)C(=O)COC(=O)CCn2ncc(=O)c3ccccc32)cc1F. The zero-order chi connectivity index (χ0) is 22.4. The van der Waals surface area contributed by atoms with Crippen molar-refractivity contribution in [3.8, 4) is 5.75 Å². The minimum absolute atomic E-state index is 0.0133. The number of carbonyl (C=O) groups excluding carboxylic acids is 2. The summed E-state index contributed by atoms with van der Waals surface area (Å²) in [6.45, 7) is -0.0638. The van der Waals surface area contributed by atoms with E-state index in [9.17, 15) is 18.8 Å². The lowest BCUT2D eigenvalue weighted by molar-refractivity contribution is -0.151. The number of ether oxygens (including phenoxy) is 2. The molecule has 0 aliphatic carbocycles. The first kappa shape index (κ1) is 21.9. The molecule has 2 aromatic carbocycles. The van der Waals surface area contributed by atoms with Crippen molar-refractivity contribution in [2.24, 2.45) is 0 Å². The first-order valence-corrected chi connectivity index (χ1v) is 9.56. The van der Waals surface area contributed by atoms with Crippen LogP contribution in [0.15, 0.2) is 53.5 Å². The third kappa shape index (κ3) is 5.44. The Bertz CT molecular complexity index is 1160. The molecule has 0 atom stereocenters. The largest absolute Gasteiger partial charge is 0.494 e. The summed E-state index contributed by atoms with van der Waals surface area (Å²) in [5, 5.41) is 4.56. The number of amides is 1. The lowest BCUT2D eigenvalue weighted by Gasteiger charge is -2.17. The molecule has 162 valence electrons. The molecule has 0 aliphatic rings. The highest BCUT2D eigenvalue weighted by Crippen LogP contribution is 2.18. The number of nitrogens with zero attached hydrogens (tertiary/aromatic N) is 3. The molecule has 1 heterocycles. The first-order chi connectivity index (χ1) is 14.9. The van der Waals surface area contributed by atoms with E-state index in [4.69, 9.17) is 9.47 Å². The van der Waals surface area contributed by atoms with Gasteiger partial charge in [-0.05, 0) is 29.8 Å². The van der Waals surface area contributed by atoms with Crippen LogP contribution in [0, 0.1) is 5.82 Å². The number of aromatic nitrogens is 2. The van der Waals surface area contributed by atoms with Crippen molar-refractivity contribution in [2.75, 3.05) is 20.8 Å². The van der Waals surface area contributed by atoms with E-state index in [0.29, 0.717) is 16.5 Å². The summed E-state index contributed by atoms with van der Waals surface area (Å²) in [5.41, 5.74) is 1.00. The molecule has 0 bridgehead atoms. The molecule has 0 saturated carbocycles. The highest BCUT2D eigenvalue weighted by Gasteiger charge is 2.14. The summed E-state index contributed by atoms with van der Waals surface area (Å²) >= 11 is 0. The zero-order valence-corrected chi connectivity index (χ0v) is 17.2. The number of para-hydroxylation sites is 1. The summed E-state index contributed by atoms with van der Waals surface area (Å²) in [7, 11) is 2.91. The molecule has 0 spiro atoms. The molecule has 9 heteroatoms. The number of methoxy groups -OCH3 is 1. The molecule has 0 radical (unpaired) electrons. The lowest BCUT2D eigenvalue weighted by atomic mass is 10.2. The summed E-state index contributed by atoms with van der Waals surface area (Å²) in [6.07, 6.45) is 1.19. The van der Waals surface area contributed by atoms with Crippen molar-refractivity contribution in [3.05, 3.63) is 70.3 Å². The van der Waals surface area contributed by atoms with E-state index in [2.05, 4.69) is 5.10 Å². The maximum Gasteiger partial charge on any atom is 0.308 e. The van der Waals surface area contributed by atoms with Gasteiger partial charge in [0.15, 0.2) is 18.2 Å². The maximum absolute atomic E-state index is 13.8. The molecule has 0 saturated heterocycles. The van der Waals surface area contributed by atoms with Crippen molar-refractivity contribution >= 4 is 22.8 Å². The quantitative estimate of drug-likeness (QED) is 0.512. The van der Waals surface area contributed by atoms with Gasteiger partial charge in [0.2, 0.25) is 5.43 Å². The molecule has 0 N–H and O–H groups in total. The van der Waals surface area contributed by atoms with E-state index in [-0.39, 0.29) is 30.7 Å². The number of aryl methyl sites for hydroxylation is 1. The highest BCUT2D eigenvalue weighted by atomic mass is 19.1. The van der Waals surface area contributed by atoms with Crippen molar-refractivity contribution in [1.29, 1.82) is 0 Å². The first-order valence-electron chi connectivity index (χ1n) is 9.56. The van der Waals surface area contributed by atoms with Crippen LogP contribution in [0.5, 0.6) is 5.75 Å². The number of fused-ring (bicyclic) bond motifs is 1. The number of halogens is 1. The van der Waals surface area contributed by atoms with Crippen LogP contribution < -0.4 is 10.2 Å². The van der Waals surface area contributed by atoms with Crippen LogP contribution in [-0.2, 0) is 27.4 Å². The van der Waals surface area contributed by atoms with Crippen LogP contribution >= 0.6 is 0 Å². The van der Waals surface area contributed by atoms with Crippen molar-refractivity contribution in [3.63, 3.8) is 0 Å². The van der Waals surface area contributed by atoms with E-state index in [1.165, 1.54) is 37.4 Å². The molecule has 1 amide bonds. The molecule has 0 fully saturated rings. The van der Waals surface area contributed by atoms with Gasteiger partial charge in [0.05, 0.1) is 31.8 Å². The number of benzene rings is 2. The summed E-state index contributed by atoms with van der Waals surface area (Å²) in [6, 6.07) is 11.4. The van der Waals surface area contributed by atoms with Crippen LogP contribution in [0.2, 0.25) is 0 Å². The standard InChI is InChI=1S/C22H22FN3O5/c1-25(13-15-7-8-20(30-2)17(23)11-15)21(28)14-31-22(29)9-10-26-18-6-4-3-5-16(18)19(27)12-24-26/h3-8,11-12H,9-10,13-14H2,1-2H3. The molecule has 1 aromatic heterocycles. The molecular weight excluding hydrogens is 405 g/mol. The predicted molar refractivity (Wildman–Crippen MR) is 111 cm³/mol. The van der Waals surface area contributed by atoms with E-state index >= 15 is 0 Å². The fraction of sp³-hybridized carbons (Fsp3) is 0.273. The van der Waals surface area contributed by atoms with Crippen LogP contribution in [0.3, 0.4) is 0 Å². The lowest BCUT2D eigenvalue weighted by Crippen LogP contribution is -2.31. The van der Waals surface area contributed by atoms with E-state index in [1.54, 1.807) is 35.0 Å². The average Bonchev–Trinajstić information content (AvgIpc) is 2.77. The van der Waals surface area contributed by atoms with E-state index in [1.807, 2.05) is 0 Å². The van der Waals surface area contributed by atoms with E-state index < -0.39 is 24.3 Å². The third-order valence-corrected chi connectivity index (χ3v) is 4.71. The van der Waals surface area contributed by atoms with Gasteiger partial charge < -0.3 is 14.4 Å². The van der Waals surface area contributed by atoms with Gasteiger partial charge in [-0.3, -0.25) is 19.1 Å². The Balaban J connectivity index is 1.50. The molecule has 0 aliphatic heterocycles. The Morgan fingerprint density at radius 1 is 1.19 bits per heavy atom. The fourth-order valence-electron chi connectivity index (χ4n) is 3.03. The summed E-state index contributed by atoms with van der Waals surface area (Å²) < 4.78 is 25.2. The molecule has 3 aromatic rings. The number of hydrogen-bond donors (Lipinski definition) is 0. The van der Waals surface area contributed by atoms with Crippen molar-refractivity contribution in [2.45, 2.75) is 19.5 Å². The van der Waals surface area contributed by atoms with Crippen LogP contribution in [0.1, 0.15) is 12.0 Å². The second-order valence-electron chi connectivity index (χ2n) is 6.88. The minimum Gasteiger partial charge on any atom is -0.494 e. The van der Waals surface area contributed by atoms with Crippen molar-refractivity contribution in [1.82, 2.24) is 14.7 Å². The van der Waals surface area contributed by atoms with E-state index in [0.717, 1.165) is 0 Å². The van der Waals surface area contributed by atoms with Crippen LogP contribution in [-0.4, -0.2) is 47.3 Å². The molecular formula is C22H22FN3O5. The number of likely N-dealkylation sites (N-methyl/N-ethyl adjacent to an activating group) is 1. The zero-order valence-electron chi connectivity index (χ0n) is 17.2. The Kier molecular flexibility index (Phi) is 6.96. The van der Waals surface area contributed by atoms with Gasteiger partial charge in [-0.25, -0.2) is 4.39 Å². The highest BCUT2D eigenvalue weighted by molar-refractivity contribution is 5.81. The number of esters is 1. The molecule has 8 nitrogen and oxygen atoms in total. The second kappa shape index (κ2) is 9.84. The smallest absolute Gasteiger partial charge is 0.308 e. The second-order valence-corrected chi connectivity index (χ2v) is 6.88. The number of rotatable bonds is 8. The topological polar surface area (TPSA) is 90.7 Å². The van der Waals surface area contributed by atoms with Gasteiger partial charge in [-0.1, -0.05) is 18.2 Å². The monoisotopic (exact) mass is 427 g/mol. The van der Waals surface area contributed by atoms with Crippen LogP contribution in [0.25, 0.3) is 10.9 Å². The van der Waals surface area contributed by atoms with Gasteiger partial charge in [0, 0.05) is 19.0 Å². The minimum atomic E-state index is -0.568. The third-order valence-electron chi connectivity index (χ3n) is 4.71. The summed E-state index contributed by atoms with van der Waals surface area (Å²) in [5.74, 6) is -1.38. The van der Waals surface area contributed by atoms with Gasteiger partial charge >= 0.3 is 5.97 Å². The fourth-order valence-corrected chi connectivity index (χ4v) is 3.03. The van der Waals surface area contributed by atoms with Gasteiger partial charge in [-0.2, -0.15) is 5.10 Å². The molecule has 0 unspecified atom stereocenters. The Morgan fingerprint density at radius 2 is 1.97 bits per heavy atom. The number of hydrogen-bond acceptors (Lipinski definition) is 6. The molecule has 31 heavy (non-hydrogen) atoms. The van der Waals surface area contributed by atoms with Gasteiger partial charge in [-0.15, -0.1) is 0 Å².